The maximum Gasteiger partial charge on any atom is 0.185 e. The van der Waals surface area contributed by atoms with Gasteiger partial charge in [-0.2, -0.15) is 0 Å². The van der Waals surface area contributed by atoms with Gasteiger partial charge in [0.2, 0.25) is 0 Å². The molecular formula is C12H13NO. The smallest absolute Gasteiger partial charge is 0.185 e. The molecule has 14 heavy (non-hydrogen) atoms. The van der Waals surface area contributed by atoms with Crippen molar-refractivity contribution >= 4 is 11.5 Å². The molecule has 2 nitrogen and oxygen atoms in total. The summed E-state index contributed by atoms with van der Waals surface area (Å²) in [7, 11) is 2.07. The number of carbonyl (C=O) groups is 1. The van der Waals surface area contributed by atoms with E-state index in [9.17, 15) is 4.79 Å². The first kappa shape index (κ1) is 9.00. The third-order valence-corrected chi connectivity index (χ3v) is 2.68. The first-order valence-corrected chi connectivity index (χ1v) is 4.73. The number of fused-ring (bicyclic) bond motifs is 1. The van der Waals surface area contributed by atoms with Crippen LogP contribution in [0.4, 0.5) is 5.69 Å². The SMILES string of the molecule is C=CC(=O)c1ccc2c(c1)CCN2C. The fraction of sp³-hybridized carbons (Fsp3) is 0.250. The maximum atomic E-state index is 11.4. The zero-order valence-electron chi connectivity index (χ0n) is 8.29. The molecule has 0 radical (unpaired) electrons. The van der Waals surface area contributed by atoms with E-state index in [1.54, 1.807) is 0 Å². The van der Waals surface area contributed by atoms with Gasteiger partial charge in [0.1, 0.15) is 0 Å². The van der Waals surface area contributed by atoms with E-state index < -0.39 is 0 Å². The van der Waals surface area contributed by atoms with Gasteiger partial charge in [-0.25, -0.2) is 0 Å². The van der Waals surface area contributed by atoms with Crippen molar-refractivity contribution in [2.75, 3.05) is 18.5 Å². The monoisotopic (exact) mass is 187 g/mol. The number of hydrogen-bond acceptors (Lipinski definition) is 2. The summed E-state index contributed by atoms with van der Waals surface area (Å²) in [4.78, 5) is 13.6. The van der Waals surface area contributed by atoms with E-state index in [4.69, 9.17) is 0 Å². The van der Waals surface area contributed by atoms with Crippen LogP contribution in [0.25, 0.3) is 0 Å². The number of benzene rings is 1. The van der Waals surface area contributed by atoms with Crippen LogP contribution < -0.4 is 4.90 Å². The Labute approximate surface area is 83.8 Å². The highest BCUT2D eigenvalue weighted by molar-refractivity contribution is 6.04. The summed E-state index contributed by atoms with van der Waals surface area (Å²) < 4.78 is 0. The lowest BCUT2D eigenvalue weighted by molar-refractivity contribution is 0.104. The van der Waals surface area contributed by atoms with Gasteiger partial charge in [-0.05, 0) is 36.3 Å². The maximum absolute atomic E-state index is 11.4. The predicted octanol–water partition coefficient (Wildman–Crippen LogP) is 2.05. The Hall–Kier alpha value is -1.57. The average molecular weight is 187 g/mol. The van der Waals surface area contributed by atoms with Crippen molar-refractivity contribution in [1.29, 1.82) is 0 Å². The van der Waals surface area contributed by atoms with Crippen LogP contribution in [-0.2, 0) is 6.42 Å². The number of nitrogens with zero attached hydrogens (tertiary/aromatic N) is 1. The molecule has 0 bridgehead atoms. The molecule has 0 amide bonds. The first-order chi connectivity index (χ1) is 6.72. The van der Waals surface area contributed by atoms with Gasteiger partial charge < -0.3 is 4.90 Å². The zero-order chi connectivity index (χ0) is 10.1. The number of rotatable bonds is 2. The van der Waals surface area contributed by atoms with E-state index in [-0.39, 0.29) is 5.78 Å². The summed E-state index contributed by atoms with van der Waals surface area (Å²) in [6.07, 6.45) is 2.39. The van der Waals surface area contributed by atoms with Crippen LogP contribution in [0.3, 0.4) is 0 Å². The van der Waals surface area contributed by atoms with Crippen molar-refractivity contribution in [2.45, 2.75) is 6.42 Å². The number of anilines is 1. The Kier molecular flexibility index (Phi) is 2.12. The van der Waals surface area contributed by atoms with E-state index in [1.807, 2.05) is 18.2 Å². The minimum atomic E-state index is 0.00218. The normalized spacial score (nSPS) is 13.9. The molecule has 2 heteroatoms. The lowest BCUT2D eigenvalue weighted by atomic mass is 10.1. The van der Waals surface area contributed by atoms with Gasteiger partial charge in [-0.1, -0.05) is 6.58 Å². The summed E-state index contributed by atoms with van der Waals surface area (Å²) in [5.41, 5.74) is 3.25. The van der Waals surface area contributed by atoms with E-state index in [0.29, 0.717) is 0 Å². The summed E-state index contributed by atoms with van der Waals surface area (Å²) in [5.74, 6) is 0.00218. The number of likely N-dealkylation sites (N-methyl/N-ethyl adjacent to an activating group) is 1. The fourth-order valence-electron chi connectivity index (χ4n) is 1.84. The molecule has 1 aliphatic rings. The van der Waals surface area contributed by atoms with Gasteiger partial charge in [0, 0.05) is 24.8 Å². The molecule has 0 N–H and O–H groups in total. The molecule has 1 aliphatic heterocycles. The number of allylic oxidation sites excluding steroid dienone is 1. The van der Waals surface area contributed by atoms with Gasteiger partial charge in [-0.3, -0.25) is 4.79 Å². The summed E-state index contributed by atoms with van der Waals surface area (Å²) in [6, 6.07) is 5.85. The van der Waals surface area contributed by atoms with Crippen molar-refractivity contribution in [3.05, 3.63) is 42.0 Å². The highest BCUT2D eigenvalue weighted by Crippen LogP contribution is 2.27. The molecule has 1 aromatic carbocycles. The highest BCUT2D eigenvalue weighted by Gasteiger charge is 2.16. The molecule has 72 valence electrons. The van der Waals surface area contributed by atoms with Crippen LogP contribution in [0.1, 0.15) is 15.9 Å². The van der Waals surface area contributed by atoms with Crippen molar-refractivity contribution in [3.8, 4) is 0 Å². The largest absolute Gasteiger partial charge is 0.374 e. The van der Waals surface area contributed by atoms with E-state index in [0.717, 1.165) is 18.5 Å². The summed E-state index contributed by atoms with van der Waals surface area (Å²) in [5, 5.41) is 0. The van der Waals surface area contributed by atoms with Gasteiger partial charge in [0.05, 0.1) is 0 Å². The third kappa shape index (κ3) is 1.33. The van der Waals surface area contributed by atoms with Crippen LogP contribution >= 0.6 is 0 Å². The standard InChI is InChI=1S/C12H13NO/c1-3-12(14)10-4-5-11-9(8-10)6-7-13(11)2/h3-5,8H,1,6-7H2,2H3. The second kappa shape index (κ2) is 3.29. The van der Waals surface area contributed by atoms with Crippen molar-refractivity contribution in [3.63, 3.8) is 0 Å². The molecule has 2 rings (SSSR count). The number of ketones is 1. The lowest BCUT2D eigenvalue weighted by Gasteiger charge is -2.11. The first-order valence-electron chi connectivity index (χ1n) is 4.73. The Balaban J connectivity index is 2.42. The summed E-state index contributed by atoms with van der Waals surface area (Å²) >= 11 is 0. The van der Waals surface area contributed by atoms with E-state index in [1.165, 1.54) is 17.3 Å². The molecule has 0 fully saturated rings. The molecule has 0 atom stereocenters. The fourth-order valence-corrected chi connectivity index (χ4v) is 1.84. The van der Waals surface area contributed by atoms with Gasteiger partial charge in [0.15, 0.2) is 5.78 Å². The van der Waals surface area contributed by atoms with Crippen LogP contribution in [0, 0.1) is 0 Å². The molecule has 1 aromatic rings. The molecule has 0 aliphatic carbocycles. The second-order valence-electron chi connectivity index (χ2n) is 3.58. The van der Waals surface area contributed by atoms with Crippen molar-refractivity contribution < 1.29 is 4.79 Å². The molecule has 0 saturated heterocycles. The quantitative estimate of drug-likeness (QED) is 0.521. The number of carbonyl (C=O) groups excluding carboxylic acids is 1. The molecule has 0 unspecified atom stereocenters. The molecule has 0 spiro atoms. The Morgan fingerprint density at radius 2 is 2.36 bits per heavy atom. The van der Waals surface area contributed by atoms with Crippen LogP contribution in [0.5, 0.6) is 0 Å². The van der Waals surface area contributed by atoms with Gasteiger partial charge >= 0.3 is 0 Å². The van der Waals surface area contributed by atoms with Gasteiger partial charge in [0.25, 0.3) is 0 Å². The molecule has 0 aromatic heterocycles. The minimum Gasteiger partial charge on any atom is -0.374 e. The van der Waals surface area contributed by atoms with Crippen molar-refractivity contribution in [1.82, 2.24) is 0 Å². The number of hydrogen-bond donors (Lipinski definition) is 0. The Morgan fingerprint density at radius 1 is 1.57 bits per heavy atom. The Morgan fingerprint density at radius 3 is 3.07 bits per heavy atom. The van der Waals surface area contributed by atoms with Crippen LogP contribution in [-0.4, -0.2) is 19.4 Å². The highest BCUT2D eigenvalue weighted by atomic mass is 16.1. The van der Waals surface area contributed by atoms with E-state index >= 15 is 0 Å². The predicted molar refractivity (Wildman–Crippen MR) is 57.9 cm³/mol. The van der Waals surface area contributed by atoms with Gasteiger partial charge in [-0.15, -0.1) is 0 Å². The Bertz CT molecular complexity index is 395. The second-order valence-corrected chi connectivity index (χ2v) is 3.58. The third-order valence-electron chi connectivity index (χ3n) is 2.68. The minimum absolute atomic E-state index is 0.00218. The van der Waals surface area contributed by atoms with Crippen molar-refractivity contribution in [2.24, 2.45) is 0 Å². The van der Waals surface area contributed by atoms with E-state index in [2.05, 4.69) is 18.5 Å². The zero-order valence-corrected chi connectivity index (χ0v) is 8.29. The molecule has 1 heterocycles. The molecular weight excluding hydrogens is 174 g/mol. The topological polar surface area (TPSA) is 20.3 Å². The average Bonchev–Trinajstić information content (AvgIpc) is 2.59. The lowest BCUT2D eigenvalue weighted by Crippen LogP contribution is -2.12. The van der Waals surface area contributed by atoms with Crippen LogP contribution in [0.2, 0.25) is 0 Å². The van der Waals surface area contributed by atoms with Crippen LogP contribution in [0.15, 0.2) is 30.9 Å². The molecule has 0 saturated carbocycles. The summed E-state index contributed by atoms with van der Waals surface area (Å²) in [6.45, 7) is 4.53.